The van der Waals surface area contributed by atoms with Gasteiger partial charge >= 0.3 is 0 Å². The van der Waals surface area contributed by atoms with Crippen LogP contribution >= 0.6 is 0 Å². The summed E-state index contributed by atoms with van der Waals surface area (Å²) >= 11 is 0. The highest BCUT2D eigenvalue weighted by molar-refractivity contribution is 5.59. The quantitative estimate of drug-likeness (QED) is 0.334. The molecule has 0 saturated carbocycles. The second kappa shape index (κ2) is 12.8. The van der Waals surface area contributed by atoms with E-state index in [-0.39, 0.29) is 0 Å². The van der Waals surface area contributed by atoms with E-state index in [1.165, 1.54) is 17.5 Å². The van der Waals surface area contributed by atoms with Gasteiger partial charge < -0.3 is 9.47 Å². The molecule has 0 aliphatic rings. The average molecular weight is 316 g/mol. The molecule has 0 aromatic heterocycles. The minimum Gasteiger partial charge on any atom is -0.502 e. The summed E-state index contributed by atoms with van der Waals surface area (Å²) in [5.41, 5.74) is 2.44. The summed E-state index contributed by atoms with van der Waals surface area (Å²) < 4.78 is 11.4. The van der Waals surface area contributed by atoms with Crippen LogP contribution in [-0.4, -0.2) is 13.2 Å². The monoisotopic (exact) mass is 316 g/mol. The topological polar surface area (TPSA) is 18.5 Å². The Kier molecular flexibility index (Phi) is 10.8. The third-order valence-electron chi connectivity index (χ3n) is 3.54. The average Bonchev–Trinajstić information content (AvgIpc) is 2.56. The molecule has 0 N–H and O–H groups in total. The van der Waals surface area contributed by atoms with Gasteiger partial charge in [-0.2, -0.15) is 0 Å². The zero-order chi connectivity index (χ0) is 16.8. The first-order valence-electron chi connectivity index (χ1n) is 8.94. The molecule has 1 aromatic rings. The maximum Gasteiger partial charge on any atom is 0.122 e. The molecule has 0 aliphatic heterocycles. The Morgan fingerprint density at radius 2 is 1.74 bits per heavy atom. The van der Waals surface area contributed by atoms with Gasteiger partial charge in [-0.15, -0.1) is 0 Å². The molecule has 1 rings (SSSR count). The van der Waals surface area contributed by atoms with Crippen molar-refractivity contribution in [3.05, 3.63) is 53.8 Å². The SMILES string of the molecule is CCC=C(OCCCCCOC=CCCC)c1ccc(C)cc1. The predicted octanol–water partition coefficient (Wildman–Crippen LogP) is 6.26. The van der Waals surface area contributed by atoms with Crippen molar-refractivity contribution in [3.8, 4) is 0 Å². The molecule has 128 valence electrons. The zero-order valence-electron chi connectivity index (χ0n) is 15.0. The van der Waals surface area contributed by atoms with Crippen molar-refractivity contribution in [1.29, 1.82) is 0 Å². The summed E-state index contributed by atoms with van der Waals surface area (Å²) in [6.45, 7) is 7.98. The molecule has 2 heteroatoms. The Morgan fingerprint density at radius 1 is 1.00 bits per heavy atom. The number of unbranched alkanes of at least 4 members (excludes halogenated alkanes) is 3. The lowest BCUT2D eigenvalue weighted by molar-refractivity contribution is 0.227. The van der Waals surface area contributed by atoms with E-state index in [9.17, 15) is 0 Å². The van der Waals surface area contributed by atoms with E-state index in [2.05, 4.69) is 57.2 Å². The molecule has 2 nitrogen and oxygen atoms in total. The number of ether oxygens (including phenoxy) is 2. The fraction of sp³-hybridized carbons (Fsp3) is 0.524. The van der Waals surface area contributed by atoms with Gasteiger partial charge in [0, 0.05) is 5.56 Å². The van der Waals surface area contributed by atoms with Gasteiger partial charge in [0.25, 0.3) is 0 Å². The molecule has 23 heavy (non-hydrogen) atoms. The van der Waals surface area contributed by atoms with Crippen molar-refractivity contribution in [1.82, 2.24) is 0 Å². The Hall–Kier alpha value is -1.70. The maximum absolute atomic E-state index is 5.97. The van der Waals surface area contributed by atoms with Gasteiger partial charge in [-0.05, 0) is 51.2 Å². The molecule has 1 aromatic carbocycles. The summed E-state index contributed by atoms with van der Waals surface area (Å²) in [4.78, 5) is 0. The van der Waals surface area contributed by atoms with Crippen molar-refractivity contribution < 1.29 is 9.47 Å². The van der Waals surface area contributed by atoms with Crippen LogP contribution in [0.4, 0.5) is 0 Å². The first-order chi connectivity index (χ1) is 11.3. The fourth-order valence-electron chi connectivity index (χ4n) is 2.18. The van der Waals surface area contributed by atoms with Crippen molar-refractivity contribution >= 4 is 5.76 Å². The van der Waals surface area contributed by atoms with Crippen LogP contribution < -0.4 is 0 Å². The highest BCUT2D eigenvalue weighted by Crippen LogP contribution is 2.18. The minimum atomic E-state index is 0.769. The normalized spacial score (nSPS) is 11.9. The number of allylic oxidation sites excluding steroid dienone is 2. The van der Waals surface area contributed by atoms with Crippen LogP contribution in [0, 0.1) is 6.92 Å². The van der Waals surface area contributed by atoms with Gasteiger partial charge in [-0.25, -0.2) is 0 Å². The molecule has 0 saturated heterocycles. The van der Waals surface area contributed by atoms with Crippen molar-refractivity contribution in [2.75, 3.05) is 13.2 Å². The van der Waals surface area contributed by atoms with Gasteiger partial charge in [0.2, 0.25) is 0 Å². The molecule has 0 heterocycles. The molecular formula is C21H32O2. The highest BCUT2D eigenvalue weighted by atomic mass is 16.5. The molecule has 0 unspecified atom stereocenters. The van der Waals surface area contributed by atoms with Crippen LogP contribution in [-0.2, 0) is 9.47 Å². The summed E-state index contributed by atoms with van der Waals surface area (Å²) in [6, 6.07) is 8.53. The Balaban J connectivity index is 2.19. The van der Waals surface area contributed by atoms with E-state index in [1.54, 1.807) is 0 Å². The van der Waals surface area contributed by atoms with E-state index in [0.717, 1.165) is 51.1 Å². The van der Waals surface area contributed by atoms with Gasteiger partial charge in [0.05, 0.1) is 19.5 Å². The van der Waals surface area contributed by atoms with E-state index in [0.29, 0.717) is 0 Å². The van der Waals surface area contributed by atoms with E-state index < -0.39 is 0 Å². The summed E-state index contributed by atoms with van der Waals surface area (Å²) in [5.74, 6) is 1.01. The lowest BCUT2D eigenvalue weighted by Crippen LogP contribution is -1.97. The van der Waals surface area contributed by atoms with Gasteiger partial charge in [-0.3, -0.25) is 0 Å². The number of hydrogen-bond donors (Lipinski definition) is 0. The second-order valence-corrected chi connectivity index (χ2v) is 5.78. The summed E-state index contributed by atoms with van der Waals surface area (Å²) in [6.07, 6.45) is 12.6. The first kappa shape index (κ1) is 19.3. The molecule has 0 atom stereocenters. The molecule has 0 spiro atoms. The Morgan fingerprint density at radius 3 is 2.43 bits per heavy atom. The van der Waals surface area contributed by atoms with Gasteiger partial charge in [0.15, 0.2) is 0 Å². The molecule has 0 bridgehead atoms. The molecular weight excluding hydrogens is 284 g/mol. The third kappa shape index (κ3) is 9.12. The Bertz CT molecular complexity index is 457. The largest absolute Gasteiger partial charge is 0.502 e. The van der Waals surface area contributed by atoms with Crippen LogP contribution in [0.1, 0.15) is 63.5 Å². The lowest BCUT2D eigenvalue weighted by atomic mass is 10.1. The molecule has 0 radical (unpaired) electrons. The van der Waals surface area contributed by atoms with Crippen LogP contribution in [0.15, 0.2) is 42.7 Å². The third-order valence-corrected chi connectivity index (χ3v) is 3.54. The van der Waals surface area contributed by atoms with Crippen LogP contribution in [0.2, 0.25) is 0 Å². The maximum atomic E-state index is 5.97. The van der Waals surface area contributed by atoms with Crippen molar-refractivity contribution in [3.63, 3.8) is 0 Å². The molecule has 0 aliphatic carbocycles. The highest BCUT2D eigenvalue weighted by Gasteiger charge is 2.02. The zero-order valence-corrected chi connectivity index (χ0v) is 15.0. The predicted molar refractivity (Wildman–Crippen MR) is 99.3 cm³/mol. The van der Waals surface area contributed by atoms with Crippen LogP contribution in [0.5, 0.6) is 0 Å². The first-order valence-corrected chi connectivity index (χ1v) is 8.94. The van der Waals surface area contributed by atoms with Crippen LogP contribution in [0.25, 0.3) is 5.76 Å². The van der Waals surface area contributed by atoms with Crippen molar-refractivity contribution in [2.24, 2.45) is 0 Å². The fourth-order valence-corrected chi connectivity index (χ4v) is 2.18. The van der Waals surface area contributed by atoms with Crippen molar-refractivity contribution in [2.45, 2.75) is 59.3 Å². The minimum absolute atomic E-state index is 0.769. The van der Waals surface area contributed by atoms with Crippen LogP contribution in [0.3, 0.4) is 0 Å². The van der Waals surface area contributed by atoms with Gasteiger partial charge in [-0.1, -0.05) is 50.1 Å². The lowest BCUT2D eigenvalue weighted by Gasteiger charge is -2.11. The smallest absolute Gasteiger partial charge is 0.122 e. The summed E-state index contributed by atoms with van der Waals surface area (Å²) in [5, 5.41) is 0. The molecule has 0 fully saturated rings. The number of benzene rings is 1. The second-order valence-electron chi connectivity index (χ2n) is 5.78. The number of aryl methyl sites for hydroxylation is 1. The van der Waals surface area contributed by atoms with E-state index in [1.807, 2.05) is 6.26 Å². The van der Waals surface area contributed by atoms with Gasteiger partial charge in [0.1, 0.15) is 5.76 Å². The number of rotatable bonds is 12. The Labute approximate surface area is 142 Å². The number of hydrogen-bond acceptors (Lipinski definition) is 2. The summed E-state index contributed by atoms with van der Waals surface area (Å²) in [7, 11) is 0. The standard InChI is InChI=1S/C21H32O2/c1-4-6-8-16-22-17-9-7-10-18-23-21(11-5-2)20-14-12-19(3)13-15-20/h8,11-16H,4-7,9-10,17-18H2,1-3H3. The van der Waals surface area contributed by atoms with E-state index in [4.69, 9.17) is 9.47 Å². The van der Waals surface area contributed by atoms with E-state index >= 15 is 0 Å². The molecule has 0 amide bonds.